The number of carbonyl (C=O) groups excluding carboxylic acids is 1. The van der Waals surface area contributed by atoms with Gasteiger partial charge < -0.3 is 0 Å². The second-order valence-electron chi connectivity index (χ2n) is 8.87. The highest BCUT2D eigenvalue weighted by Crippen LogP contribution is 2.12. The molecule has 182 valence electrons. The molecule has 0 bridgehead atoms. The second kappa shape index (κ2) is 13.3. The van der Waals surface area contributed by atoms with Gasteiger partial charge in [0.25, 0.3) is 0 Å². The fraction of sp³-hybridized carbons (Fsp3) is 0.0541. The molecule has 0 aliphatic rings. The highest BCUT2D eigenvalue weighted by Gasteiger charge is 2.08. The van der Waals surface area contributed by atoms with Crippen LogP contribution in [0.1, 0.15) is 49.3 Å². The minimum Gasteiger partial charge on any atom is -0.289 e. The molecule has 0 spiro atoms. The number of benzene rings is 5. The summed E-state index contributed by atoms with van der Waals surface area (Å²) in [4.78, 5) is 12.4. The van der Waals surface area contributed by atoms with Gasteiger partial charge in [0.2, 0.25) is 0 Å². The number of rotatable bonds is 2. The van der Waals surface area contributed by atoms with Gasteiger partial charge in [-0.3, -0.25) is 4.79 Å². The quantitative estimate of drug-likeness (QED) is 0.182. The summed E-state index contributed by atoms with van der Waals surface area (Å²) in [6.45, 7) is 4.09. The largest absolute Gasteiger partial charge is 0.289 e. The Labute approximate surface area is 225 Å². The highest BCUT2D eigenvalue weighted by atomic mass is 16.1. The van der Waals surface area contributed by atoms with Crippen LogP contribution in [-0.2, 0) is 0 Å². The van der Waals surface area contributed by atoms with Crippen molar-refractivity contribution in [3.63, 3.8) is 0 Å². The lowest BCUT2D eigenvalue weighted by molar-refractivity contribution is 0.103. The molecular weight excluding hydrogens is 460 g/mol. The summed E-state index contributed by atoms with van der Waals surface area (Å²) >= 11 is 0. The van der Waals surface area contributed by atoms with E-state index in [4.69, 9.17) is 0 Å². The Morgan fingerprint density at radius 1 is 0.421 bits per heavy atom. The summed E-state index contributed by atoms with van der Waals surface area (Å²) in [5, 5.41) is 0. The van der Waals surface area contributed by atoms with Crippen LogP contribution in [0.25, 0.3) is 0 Å². The van der Waals surface area contributed by atoms with E-state index in [9.17, 15) is 4.79 Å². The van der Waals surface area contributed by atoms with Crippen molar-refractivity contribution in [1.82, 2.24) is 0 Å². The number of carbonyl (C=O) groups is 1. The zero-order chi connectivity index (χ0) is 26.6. The predicted molar refractivity (Wildman–Crippen MR) is 157 cm³/mol. The lowest BCUT2D eigenvalue weighted by Gasteiger charge is -2.02. The molecule has 0 aliphatic carbocycles. The second-order valence-corrected chi connectivity index (χ2v) is 8.87. The summed E-state index contributed by atoms with van der Waals surface area (Å²) in [5.74, 6) is 12.6. The maximum atomic E-state index is 12.4. The number of ketones is 1. The van der Waals surface area contributed by atoms with Gasteiger partial charge in [0.15, 0.2) is 5.78 Å². The van der Waals surface area contributed by atoms with E-state index < -0.39 is 0 Å². The molecule has 1 nitrogen and oxygen atoms in total. The van der Waals surface area contributed by atoms with Crippen molar-refractivity contribution in [2.75, 3.05) is 0 Å². The monoisotopic (exact) mass is 488 g/mol. The van der Waals surface area contributed by atoms with Crippen molar-refractivity contribution in [2.45, 2.75) is 13.8 Å². The average molecular weight is 489 g/mol. The number of hydrogen-bond acceptors (Lipinski definition) is 1. The van der Waals surface area contributed by atoms with Crippen LogP contribution in [0.3, 0.4) is 0 Å². The van der Waals surface area contributed by atoms with Crippen molar-refractivity contribution in [3.8, 4) is 23.7 Å². The van der Waals surface area contributed by atoms with E-state index in [1.807, 2.05) is 128 Å². The molecule has 0 saturated heterocycles. The predicted octanol–water partition coefficient (Wildman–Crippen LogP) is 8.02. The molecule has 0 aliphatic heterocycles. The van der Waals surface area contributed by atoms with Gasteiger partial charge in [-0.05, 0) is 80.1 Å². The molecular formula is C37H28O. The highest BCUT2D eigenvalue weighted by molar-refractivity contribution is 6.09. The normalized spacial score (nSPS) is 9.53. The maximum Gasteiger partial charge on any atom is 0.193 e. The van der Waals surface area contributed by atoms with Gasteiger partial charge in [-0.1, -0.05) is 102 Å². The zero-order valence-corrected chi connectivity index (χ0v) is 21.6. The molecule has 38 heavy (non-hydrogen) atoms. The van der Waals surface area contributed by atoms with E-state index in [-0.39, 0.29) is 5.78 Å². The summed E-state index contributed by atoms with van der Waals surface area (Å²) in [6.07, 6.45) is 0. The number of hydrogen-bond donors (Lipinski definition) is 0. The van der Waals surface area contributed by atoms with E-state index in [1.54, 1.807) is 0 Å². The molecule has 5 rings (SSSR count). The average Bonchev–Trinajstić information content (AvgIpc) is 2.97. The lowest BCUT2D eigenvalue weighted by Crippen LogP contribution is -2.00. The van der Waals surface area contributed by atoms with Gasteiger partial charge in [-0.2, -0.15) is 0 Å². The van der Waals surface area contributed by atoms with Crippen molar-refractivity contribution in [3.05, 3.63) is 178 Å². The molecule has 5 aromatic carbocycles. The van der Waals surface area contributed by atoms with Crippen LogP contribution >= 0.6 is 0 Å². The van der Waals surface area contributed by atoms with Crippen LogP contribution in [0.4, 0.5) is 0 Å². The molecule has 0 atom stereocenters. The van der Waals surface area contributed by atoms with Gasteiger partial charge in [0.05, 0.1) is 0 Å². The van der Waals surface area contributed by atoms with Crippen LogP contribution in [0.2, 0.25) is 0 Å². The molecule has 0 unspecified atom stereocenters. The van der Waals surface area contributed by atoms with Gasteiger partial charge >= 0.3 is 0 Å². The Morgan fingerprint density at radius 3 is 1.34 bits per heavy atom. The maximum absolute atomic E-state index is 12.4. The zero-order valence-electron chi connectivity index (χ0n) is 21.6. The third-order valence-corrected chi connectivity index (χ3v) is 5.73. The Bertz CT molecular complexity index is 1600. The topological polar surface area (TPSA) is 17.1 Å². The van der Waals surface area contributed by atoms with Crippen LogP contribution in [0.15, 0.2) is 133 Å². The summed E-state index contributed by atoms with van der Waals surface area (Å²) < 4.78 is 0. The molecule has 5 aromatic rings. The summed E-state index contributed by atoms with van der Waals surface area (Å²) in [5.41, 5.74) is 7.78. The first-order valence-electron chi connectivity index (χ1n) is 12.5. The molecule has 1 heteroatoms. The molecule has 0 fully saturated rings. The first-order chi connectivity index (χ1) is 18.6. The van der Waals surface area contributed by atoms with Gasteiger partial charge in [0, 0.05) is 33.4 Å². The molecule has 0 radical (unpaired) electrons. The third-order valence-electron chi connectivity index (χ3n) is 5.73. The van der Waals surface area contributed by atoms with E-state index in [0.29, 0.717) is 11.1 Å². The van der Waals surface area contributed by atoms with E-state index in [2.05, 4.69) is 42.7 Å². The minimum absolute atomic E-state index is 0.0348. The van der Waals surface area contributed by atoms with E-state index in [0.717, 1.165) is 27.8 Å². The van der Waals surface area contributed by atoms with Crippen molar-refractivity contribution < 1.29 is 4.79 Å². The number of aryl methyl sites for hydroxylation is 2. The Morgan fingerprint density at radius 2 is 0.842 bits per heavy atom. The molecule has 0 N–H and O–H groups in total. The summed E-state index contributed by atoms with van der Waals surface area (Å²) in [7, 11) is 0. The Balaban J connectivity index is 0.000000194. The van der Waals surface area contributed by atoms with E-state index >= 15 is 0 Å². The standard InChI is InChI=1S/C22H16O.C15H12/c1-17-7-13-20(14-8-17)22(23)21-15-11-19(12-16-21)10-9-18-5-3-2-4-6-18;1-13-6-5-9-15(12-13)11-10-14-7-3-2-4-8-14/h2-8,11-16H,1H3;2-9,12H,1H3. The fourth-order valence-corrected chi connectivity index (χ4v) is 3.63. The molecule has 0 aromatic heterocycles. The first-order valence-corrected chi connectivity index (χ1v) is 12.5. The molecule has 0 amide bonds. The SMILES string of the molecule is Cc1ccc(C(=O)c2ccc(C#Cc3ccccc3)cc2)cc1.Cc1cccc(C#Cc2ccccc2)c1. The Kier molecular flexibility index (Phi) is 9.07. The first kappa shape index (κ1) is 26.0. The van der Waals surface area contributed by atoms with Gasteiger partial charge in [0.1, 0.15) is 0 Å². The van der Waals surface area contributed by atoms with Crippen molar-refractivity contribution >= 4 is 5.78 Å². The van der Waals surface area contributed by atoms with Gasteiger partial charge in [-0.25, -0.2) is 0 Å². The molecule has 0 saturated carbocycles. The van der Waals surface area contributed by atoms with Crippen LogP contribution < -0.4 is 0 Å². The van der Waals surface area contributed by atoms with Crippen LogP contribution in [-0.4, -0.2) is 5.78 Å². The van der Waals surface area contributed by atoms with Crippen molar-refractivity contribution in [1.29, 1.82) is 0 Å². The van der Waals surface area contributed by atoms with Crippen LogP contribution in [0.5, 0.6) is 0 Å². The minimum atomic E-state index is 0.0348. The summed E-state index contributed by atoms with van der Waals surface area (Å²) in [6, 6.07) is 43.2. The smallest absolute Gasteiger partial charge is 0.193 e. The van der Waals surface area contributed by atoms with Gasteiger partial charge in [-0.15, -0.1) is 0 Å². The molecule has 0 heterocycles. The van der Waals surface area contributed by atoms with Crippen molar-refractivity contribution in [2.24, 2.45) is 0 Å². The lowest BCUT2D eigenvalue weighted by atomic mass is 10.0. The Hall–Kier alpha value is -5.11. The van der Waals surface area contributed by atoms with E-state index in [1.165, 1.54) is 5.56 Å². The van der Waals surface area contributed by atoms with Crippen LogP contribution in [0, 0.1) is 37.5 Å². The fourth-order valence-electron chi connectivity index (χ4n) is 3.63. The third kappa shape index (κ3) is 7.96.